The lowest BCUT2D eigenvalue weighted by Gasteiger charge is -2.44. The third-order valence-electron chi connectivity index (χ3n) is 5.10. The summed E-state index contributed by atoms with van der Waals surface area (Å²) in [6, 6.07) is 7.24. The van der Waals surface area contributed by atoms with Crippen molar-refractivity contribution in [2.75, 3.05) is 20.6 Å². The molecule has 1 aromatic carbocycles. The Bertz CT molecular complexity index is 439. The minimum absolute atomic E-state index is 0.0978. The lowest BCUT2D eigenvalue weighted by atomic mass is 9.80. The van der Waals surface area contributed by atoms with E-state index in [0.717, 1.165) is 18.5 Å². The van der Waals surface area contributed by atoms with Crippen LogP contribution in [0.5, 0.6) is 0 Å². The van der Waals surface area contributed by atoms with Gasteiger partial charge >= 0.3 is 0 Å². The first-order chi connectivity index (χ1) is 10.1. The van der Waals surface area contributed by atoms with E-state index in [1.807, 2.05) is 12.1 Å². The smallest absolute Gasteiger partial charge is 0.127 e. The zero-order valence-corrected chi connectivity index (χ0v) is 13.7. The number of halogens is 1. The number of rotatable bonds is 6. The third-order valence-corrected chi connectivity index (χ3v) is 5.10. The van der Waals surface area contributed by atoms with Crippen LogP contribution >= 0.6 is 0 Å². The van der Waals surface area contributed by atoms with Crippen molar-refractivity contribution < 1.29 is 4.39 Å². The lowest BCUT2D eigenvalue weighted by Crippen LogP contribution is -2.53. The van der Waals surface area contributed by atoms with E-state index < -0.39 is 0 Å². The molecule has 0 aliphatic heterocycles. The van der Waals surface area contributed by atoms with Gasteiger partial charge in [0.1, 0.15) is 5.82 Å². The molecule has 0 saturated heterocycles. The van der Waals surface area contributed by atoms with Crippen molar-refractivity contribution in [2.45, 2.75) is 57.0 Å². The van der Waals surface area contributed by atoms with E-state index in [4.69, 9.17) is 0 Å². The fraction of sp³-hybridized carbons (Fsp3) is 0.667. The maximum atomic E-state index is 14.0. The number of likely N-dealkylation sites (N-methyl/N-ethyl adjacent to an activating group) is 1. The molecule has 1 atom stereocenters. The van der Waals surface area contributed by atoms with Crippen molar-refractivity contribution in [2.24, 2.45) is 0 Å². The highest BCUT2D eigenvalue weighted by atomic mass is 19.1. The lowest BCUT2D eigenvalue weighted by molar-refractivity contribution is 0.0947. The first kappa shape index (κ1) is 16.4. The summed E-state index contributed by atoms with van der Waals surface area (Å²) < 4.78 is 14.0. The van der Waals surface area contributed by atoms with Gasteiger partial charge in [-0.3, -0.25) is 0 Å². The molecule has 2 rings (SSSR count). The van der Waals surface area contributed by atoms with E-state index in [-0.39, 0.29) is 17.4 Å². The van der Waals surface area contributed by atoms with Gasteiger partial charge in [0.2, 0.25) is 0 Å². The zero-order chi connectivity index (χ0) is 15.3. The average molecular weight is 292 g/mol. The van der Waals surface area contributed by atoms with Crippen molar-refractivity contribution in [1.82, 2.24) is 10.2 Å². The Hall–Kier alpha value is -0.930. The van der Waals surface area contributed by atoms with Crippen LogP contribution in [0, 0.1) is 5.82 Å². The van der Waals surface area contributed by atoms with Gasteiger partial charge in [0, 0.05) is 23.7 Å². The van der Waals surface area contributed by atoms with Gasteiger partial charge in [-0.25, -0.2) is 4.39 Å². The van der Waals surface area contributed by atoms with Crippen LogP contribution in [-0.2, 0) is 0 Å². The average Bonchev–Trinajstić information content (AvgIpc) is 2.50. The molecule has 1 unspecified atom stereocenters. The number of nitrogens with zero attached hydrogens (tertiary/aromatic N) is 1. The summed E-state index contributed by atoms with van der Waals surface area (Å²) >= 11 is 0. The van der Waals surface area contributed by atoms with Crippen LogP contribution in [0.15, 0.2) is 24.3 Å². The Balaban J connectivity index is 2.06. The molecule has 0 aromatic heterocycles. The summed E-state index contributed by atoms with van der Waals surface area (Å²) in [6.45, 7) is 3.06. The first-order valence-corrected chi connectivity index (χ1v) is 8.24. The minimum atomic E-state index is -0.0978. The molecule has 0 bridgehead atoms. The topological polar surface area (TPSA) is 15.3 Å². The molecule has 0 amide bonds. The molecule has 1 fully saturated rings. The van der Waals surface area contributed by atoms with Crippen LogP contribution in [0.1, 0.15) is 57.1 Å². The van der Waals surface area contributed by atoms with Gasteiger partial charge < -0.3 is 10.2 Å². The molecular weight excluding hydrogens is 263 g/mol. The van der Waals surface area contributed by atoms with Crippen LogP contribution in [0.4, 0.5) is 4.39 Å². The normalized spacial score (nSPS) is 19.7. The summed E-state index contributed by atoms with van der Waals surface area (Å²) in [5.41, 5.74) is 1.03. The van der Waals surface area contributed by atoms with Gasteiger partial charge in [0.15, 0.2) is 0 Å². The molecule has 2 nitrogen and oxygen atoms in total. The van der Waals surface area contributed by atoms with Gasteiger partial charge in [-0.1, -0.05) is 44.4 Å². The molecule has 0 radical (unpaired) electrons. The highest BCUT2D eigenvalue weighted by Gasteiger charge is 2.34. The van der Waals surface area contributed by atoms with Gasteiger partial charge in [-0.15, -0.1) is 0 Å². The standard InChI is InChI=1S/C18H29FN2/c1-4-17(15-10-6-7-11-16(15)19)20-14-18(21(2)3)12-8-5-9-13-18/h6-7,10-11,17,20H,4-5,8-9,12-14H2,1-3H3. The molecule has 21 heavy (non-hydrogen) atoms. The van der Waals surface area contributed by atoms with Crippen LogP contribution < -0.4 is 5.32 Å². The molecule has 1 saturated carbocycles. The van der Waals surface area contributed by atoms with E-state index in [1.54, 1.807) is 12.1 Å². The summed E-state index contributed by atoms with van der Waals surface area (Å²) in [6.07, 6.45) is 7.33. The highest BCUT2D eigenvalue weighted by molar-refractivity contribution is 5.21. The number of hydrogen-bond donors (Lipinski definition) is 1. The Morgan fingerprint density at radius 1 is 1.19 bits per heavy atom. The Labute approximate surface area is 128 Å². The second kappa shape index (κ2) is 7.37. The molecule has 1 aromatic rings. The third kappa shape index (κ3) is 3.83. The zero-order valence-electron chi connectivity index (χ0n) is 13.7. The van der Waals surface area contributed by atoms with E-state index in [9.17, 15) is 4.39 Å². The SMILES string of the molecule is CCC(NCC1(N(C)C)CCCCC1)c1ccccc1F. The predicted molar refractivity (Wildman–Crippen MR) is 86.9 cm³/mol. The molecule has 1 aliphatic carbocycles. The van der Waals surface area contributed by atoms with Crippen molar-refractivity contribution in [3.05, 3.63) is 35.6 Å². The van der Waals surface area contributed by atoms with Crippen molar-refractivity contribution in [3.63, 3.8) is 0 Å². The second-order valence-corrected chi connectivity index (χ2v) is 6.54. The van der Waals surface area contributed by atoms with E-state index in [2.05, 4.69) is 31.2 Å². The Morgan fingerprint density at radius 3 is 2.43 bits per heavy atom. The van der Waals surface area contributed by atoms with Crippen molar-refractivity contribution in [1.29, 1.82) is 0 Å². The molecule has 118 valence electrons. The van der Waals surface area contributed by atoms with Crippen LogP contribution in [-0.4, -0.2) is 31.1 Å². The molecule has 1 N–H and O–H groups in total. The molecule has 3 heteroatoms. The molecule has 1 aliphatic rings. The maximum Gasteiger partial charge on any atom is 0.127 e. The monoisotopic (exact) mass is 292 g/mol. The van der Waals surface area contributed by atoms with Crippen molar-refractivity contribution >= 4 is 0 Å². The first-order valence-electron chi connectivity index (χ1n) is 8.24. The summed E-state index contributed by atoms with van der Waals surface area (Å²) in [7, 11) is 4.36. The van der Waals surface area contributed by atoms with Gasteiger partial charge in [-0.2, -0.15) is 0 Å². The van der Waals surface area contributed by atoms with Crippen LogP contribution in [0.25, 0.3) is 0 Å². The highest BCUT2D eigenvalue weighted by Crippen LogP contribution is 2.32. The summed E-state index contributed by atoms with van der Waals surface area (Å²) in [5.74, 6) is -0.0978. The van der Waals surface area contributed by atoms with Crippen LogP contribution in [0.2, 0.25) is 0 Å². The van der Waals surface area contributed by atoms with Gasteiger partial charge in [-0.05, 0) is 39.4 Å². The second-order valence-electron chi connectivity index (χ2n) is 6.54. The quantitative estimate of drug-likeness (QED) is 0.848. The van der Waals surface area contributed by atoms with E-state index in [1.165, 1.54) is 32.1 Å². The largest absolute Gasteiger partial charge is 0.308 e. The minimum Gasteiger partial charge on any atom is -0.308 e. The Kier molecular flexibility index (Phi) is 5.77. The van der Waals surface area contributed by atoms with Gasteiger partial charge in [0.05, 0.1) is 0 Å². The number of hydrogen-bond acceptors (Lipinski definition) is 2. The fourth-order valence-electron chi connectivity index (χ4n) is 3.54. The summed E-state index contributed by atoms with van der Waals surface area (Å²) in [5, 5.41) is 3.64. The Morgan fingerprint density at radius 2 is 1.86 bits per heavy atom. The maximum absolute atomic E-state index is 14.0. The van der Waals surface area contributed by atoms with Gasteiger partial charge in [0.25, 0.3) is 0 Å². The van der Waals surface area contributed by atoms with Crippen LogP contribution in [0.3, 0.4) is 0 Å². The molecular formula is C18H29FN2. The predicted octanol–water partition coefficient (Wildman–Crippen LogP) is 4.13. The number of benzene rings is 1. The summed E-state index contributed by atoms with van der Waals surface area (Å²) in [4.78, 5) is 2.37. The molecule has 0 heterocycles. The van der Waals surface area contributed by atoms with E-state index >= 15 is 0 Å². The fourth-order valence-corrected chi connectivity index (χ4v) is 3.54. The molecule has 0 spiro atoms. The van der Waals surface area contributed by atoms with E-state index in [0.29, 0.717) is 0 Å². The number of nitrogens with one attached hydrogen (secondary N) is 1. The van der Waals surface area contributed by atoms with Crippen molar-refractivity contribution in [3.8, 4) is 0 Å².